The maximum absolute atomic E-state index is 12.3. The monoisotopic (exact) mass is 391 g/mol. The average molecular weight is 391 g/mol. The normalized spacial score (nSPS) is 16.6. The van der Waals surface area contributed by atoms with E-state index >= 15 is 0 Å². The molecule has 10 heteroatoms. The molecule has 0 aromatic heterocycles. The van der Waals surface area contributed by atoms with Crippen LogP contribution in [0.15, 0.2) is 12.1 Å². The summed E-state index contributed by atoms with van der Waals surface area (Å²) in [5.41, 5.74) is 1.35. The number of hydrogen-bond donors (Lipinski definition) is 1. The Morgan fingerprint density at radius 3 is 2.41 bits per heavy atom. The number of carbonyl (C=O) groups excluding carboxylic acids is 1. The van der Waals surface area contributed by atoms with Crippen LogP contribution < -0.4 is 9.47 Å². The fraction of sp³-hybridized carbons (Fsp3) is 0.529. The van der Waals surface area contributed by atoms with Gasteiger partial charge in [-0.1, -0.05) is 0 Å². The van der Waals surface area contributed by atoms with Gasteiger partial charge in [-0.15, -0.1) is 0 Å². The van der Waals surface area contributed by atoms with Crippen molar-refractivity contribution >= 4 is 11.9 Å². The third-order valence-corrected chi connectivity index (χ3v) is 4.18. The minimum Gasteiger partial charge on any atom is -0.493 e. The fourth-order valence-corrected chi connectivity index (χ4v) is 3.05. The van der Waals surface area contributed by atoms with Gasteiger partial charge in [-0.3, -0.25) is 9.59 Å². The van der Waals surface area contributed by atoms with Crippen molar-refractivity contribution in [3.63, 3.8) is 0 Å². The SMILES string of the molecule is COc1cc2c(cc1OC)C(CC(=O)O)N(C(=O)COCC(F)(F)F)CC2. The summed E-state index contributed by atoms with van der Waals surface area (Å²) in [5.74, 6) is -1.00. The van der Waals surface area contributed by atoms with Crippen molar-refractivity contribution < 1.29 is 42.1 Å². The van der Waals surface area contributed by atoms with Crippen LogP contribution in [0.25, 0.3) is 0 Å². The molecule has 1 heterocycles. The summed E-state index contributed by atoms with van der Waals surface area (Å²) in [6.07, 6.45) is -4.54. The molecule has 1 N–H and O–H groups in total. The number of ether oxygens (including phenoxy) is 3. The lowest BCUT2D eigenvalue weighted by molar-refractivity contribution is -0.178. The van der Waals surface area contributed by atoms with Gasteiger partial charge in [-0.2, -0.15) is 13.2 Å². The second kappa shape index (κ2) is 8.47. The molecule has 7 nitrogen and oxygen atoms in total. The van der Waals surface area contributed by atoms with E-state index in [9.17, 15) is 27.9 Å². The summed E-state index contributed by atoms with van der Waals surface area (Å²) in [5, 5.41) is 9.23. The zero-order valence-corrected chi connectivity index (χ0v) is 14.8. The molecule has 0 fully saturated rings. The Morgan fingerprint density at radius 1 is 1.22 bits per heavy atom. The van der Waals surface area contributed by atoms with Crippen LogP contribution in [0.2, 0.25) is 0 Å². The summed E-state index contributed by atoms with van der Waals surface area (Å²) >= 11 is 0. The Balaban J connectivity index is 2.27. The van der Waals surface area contributed by atoms with Crippen LogP contribution in [0.5, 0.6) is 11.5 Å². The molecular formula is C17H20F3NO6. The standard InChI is InChI=1S/C17H20F3NO6/c1-25-13-5-10-3-4-21(15(22)8-27-9-17(18,19)20)12(7-16(23)24)11(10)6-14(13)26-2/h5-6,12H,3-4,7-9H2,1-2H3,(H,23,24). The molecule has 0 radical (unpaired) electrons. The fourth-order valence-electron chi connectivity index (χ4n) is 3.05. The molecule has 0 saturated heterocycles. The predicted octanol–water partition coefficient (Wildman–Crippen LogP) is 2.18. The van der Waals surface area contributed by atoms with Crippen molar-refractivity contribution in [1.29, 1.82) is 0 Å². The molecule has 1 amide bonds. The van der Waals surface area contributed by atoms with Crippen LogP contribution in [-0.2, 0) is 20.7 Å². The van der Waals surface area contributed by atoms with Gasteiger partial charge in [-0.25, -0.2) is 0 Å². The Morgan fingerprint density at radius 2 is 1.85 bits per heavy atom. The highest BCUT2D eigenvalue weighted by atomic mass is 19.4. The molecule has 0 bridgehead atoms. The average Bonchev–Trinajstić information content (AvgIpc) is 2.59. The second-order valence-electron chi connectivity index (χ2n) is 5.96. The van der Waals surface area contributed by atoms with Gasteiger partial charge in [0.2, 0.25) is 5.91 Å². The first-order valence-electron chi connectivity index (χ1n) is 8.06. The van der Waals surface area contributed by atoms with Crippen LogP contribution in [-0.4, -0.2) is 62.0 Å². The van der Waals surface area contributed by atoms with E-state index in [0.717, 1.165) is 5.56 Å². The number of carboxylic acid groups (broad SMARTS) is 1. The third kappa shape index (κ3) is 5.25. The van der Waals surface area contributed by atoms with Crippen LogP contribution in [0.3, 0.4) is 0 Å². The van der Waals surface area contributed by atoms with Gasteiger partial charge in [-0.05, 0) is 29.7 Å². The molecule has 0 spiro atoms. The Kier molecular flexibility index (Phi) is 6.53. The zero-order valence-electron chi connectivity index (χ0n) is 14.8. The van der Waals surface area contributed by atoms with E-state index in [4.69, 9.17) is 9.47 Å². The summed E-state index contributed by atoms with van der Waals surface area (Å²) < 4.78 is 51.5. The number of rotatable bonds is 7. The lowest BCUT2D eigenvalue weighted by Crippen LogP contribution is -2.43. The largest absolute Gasteiger partial charge is 0.493 e. The Labute approximate surface area is 153 Å². The van der Waals surface area contributed by atoms with Crippen molar-refractivity contribution in [3.8, 4) is 11.5 Å². The Hall–Kier alpha value is -2.49. The van der Waals surface area contributed by atoms with E-state index in [1.54, 1.807) is 12.1 Å². The number of carbonyl (C=O) groups is 2. The summed E-state index contributed by atoms with van der Waals surface area (Å²) in [4.78, 5) is 24.9. The number of fused-ring (bicyclic) bond motifs is 1. The molecule has 1 aromatic rings. The van der Waals surface area contributed by atoms with Crippen molar-refractivity contribution in [3.05, 3.63) is 23.3 Å². The van der Waals surface area contributed by atoms with Gasteiger partial charge >= 0.3 is 12.1 Å². The molecule has 0 aliphatic carbocycles. The highest BCUT2D eigenvalue weighted by Gasteiger charge is 2.34. The van der Waals surface area contributed by atoms with Gasteiger partial charge in [0.1, 0.15) is 13.2 Å². The van der Waals surface area contributed by atoms with Crippen LogP contribution in [0, 0.1) is 0 Å². The second-order valence-corrected chi connectivity index (χ2v) is 5.96. The van der Waals surface area contributed by atoms with E-state index < -0.39 is 43.7 Å². The van der Waals surface area contributed by atoms with E-state index in [2.05, 4.69) is 4.74 Å². The molecular weight excluding hydrogens is 371 g/mol. The number of aliphatic carboxylic acids is 1. The lowest BCUT2D eigenvalue weighted by Gasteiger charge is -2.37. The molecule has 1 aliphatic rings. The summed E-state index contributed by atoms with van der Waals surface area (Å²) in [6, 6.07) is 2.47. The van der Waals surface area contributed by atoms with Crippen LogP contribution in [0.4, 0.5) is 13.2 Å². The number of carboxylic acids is 1. The molecule has 27 heavy (non-hydrogen) atoms. The van der Waals surface area contributed by atoms with Crippen LogP contribution >= 0.6 is 0 Å². The minimum absolute atomic E-state index is 0.161. The number of hydrogen-bond acceptors (Lipinski definition) is 5. The van der Waals surface area contributed by atoms with Gasteiger partial charge in [0, 0.05) is 6.54 Å². The molecule has 150 valence electrons. The predicted molar refractivity (Wildman–Crippen MR) is 86.8 cm³/mol. The Bertz CT molecular complexity index is 707. The molecule has 1 unspecified atom stereocenters. The number of halogens is 3. The number of methoxy groups -OCH3 is 2. The number of benzene rings is 1. The highest BCUT2D eigenvalue weighted by Crippen LogP contribution is 2.39. The molecule has 1 atom stereocenters. The summed E-state index contributed by atoms with van der Waals surface area (Å²) in [6.45, 7) is -2.16. The van der Waals surface area contributed by atoms with Crippen LogP contribution in [0.1, 0.15) is 23.6 Å². The minimum atomic E-state index is -4.54. The van der Waals surface area contributed by atoms with Gasteiger partial charge in [0.25, 0.3) is 0 Å². The topological polar surface area (TPSA) is 85.3 Å². The first kappa shape index (κ1) is 20.8. The molecule has 2 rings (SSSR count). The van der Waals surface area contributed by atoms with Crippen molar-refractivity contribution in [2.75, 3.05) is 34.0 Å². The van der Waals surface area contributed by atoms with Crippen molar-refractivity contribution in [2.45, 2.75) is 25.1 Å². The number of alkyl halides is 3. The molecule has 0 saturated carbocycles. The number of nitrogens with zero attached hydrogens (tertiary/aromatic N) is 1. The van der Waals surface area contributed by atoms with Crippen molar-refractivity contribution in [2.24, 2.45) is 0 Å². The van der Waals surface area contributed by atoms with E-state index in [1.165, 1.54) is 19.1 Å². The lowest BCUT2D eigenvalue weighted by atomic mass is 9.90. The number of amides is 1. The quantitative estimate of drug-likeness (QED) is 0.767. The molecule has 1 aliphatic heterocycles. The van der Waals surface area contributed by atoms with Crippen molar-refractivity contribution in [1.82, 2.24) is 4.90 Å². The van der Waals surface area contributed by atoms with E-state index in [0.29, 0.717) is 23.5 Å². The highest BCUT2D eigenvalue weighted by molar-refractivity contribution is 5.79. The smallest absolute Gasteiger partial charge is 0.411 e. The third-order valence-electron chi connectivity index (χ3n) is 4.18. The summed E-state index contributed by atoms with van der Waals surface area (Å²) in [7, 11) is 2.89. The van der Waals surface area contributed by atoms with Gasteiger partial charge in [0.15, 0.2) is 11.5 Å². The maximum Gasteiger partial charge on any atom is 0.411 e. The first-order chi connectivity index (χ1) is 12.7. The molecule has 1 aromatic carbocycles. The first-order valence-corrected chi connectivity index (χ1v) is 8.06. The van der Waals surface area contributed by atoms with E-state index in [1.807, 2.05) is 0 Å². The van der Waals surface area contributed by atoms with Gasteiger partial charge in [0.05, 0.1) is 26.7 Å². The van der Waals surface area contributed by atoms with E-state index in [-0.39, 0.29) is 6.54 Å². The zero-order chi connectivity index (χ0) is 20.2. The maximum atomic E-state index is 12.3. The van der Waals surface area contributed by atoms with Gasteiger partial charge < -0.3 is 24.2 Å².